The molecule has 1 aromatic rings. The Labute approximate surface area is 129 Å². The lowest BCUT2D eigenvalue weighted by atomic mass is 10.1. The van der Waals surface area contributed by atoms with Crippen LogP contribution in [0.2, 0.25) is 0 Å². The third-order valence-electron chi connectivity index (χ3n) is 3.91. The van der Waals surface area contributed by atoms with Crippen LogP contribution in [0.25, 0.3) is 0 Å². The van der Waals surface area contributed by atoms with Crippen LogP contribution in [0.1, 0.15) is 30.3 Å². The summed E-state index contributed by atoms with van der Waals surface area (Å²) in [6.07, 6.45) is 0.242. The average molecular weight is 334 g/mol. The van der Waals surface area contributed by atoms with Crippen molar-refractivity contribution in [2.24, 2.45) is 5.92 Å². The lowest BCUT2D eigenvalue weighted by Gasteiger charge is -2.17. The molecular formula is C13H20ClN3O3S. The van der Waals surface area contributed by atoms with E-state index in [4.69, 9.17) is 10.7 Å². The first kappa shape index (κ1) is 16.3. The molecule has 1 aromatic heterocycles. The zero-order valence-corrected chi connectivity index (χ0v) is 14.0. The second-order valence-electron chi connectivity index (χ2n) is 5.52. The molecule has 0 saturated carbocycles. The van der Waals surface area contributed by atoms with E-state index in [-0.39, 0.29) is 24.0 Å². The third-order valence-corrected chi connectivity index (χ3v) is 5.16. The fourth-order valence-corrected chi connectivity index (χ4v) is 4.18. The van der Waals surface area contributed by atoms with E-state index in [1.54, 1.807) is 4.90 Å². The van der Waals surface area contributed by atoms with Crippen molar-refractivity contribution in [2.75, 3.05) is 12.3 Å². The Kier molecular flexibility index (Phi) is 4.63. The van der Waals surface area contributed by atoms with Crippen molar-refractivity contribution in [3.8, 4) is 0 Å². The number of rotatable bonds is 5. The minimum atomic E-state index is -3.57. The average Bonchev–Trinajstić information content (AvgIpc) is 2.81. The number of halogens is 1. The van der Waals surface area contributed by atoms with E-state index in [9.17, 15) is 13.2 Å². The summed E-state index contributed by atoms with van der Waals surface area (Å²) in [6, 6.07) is 0. The molecule has 0 aliphatic carbocycles. The number of likely N-dealkylation sites (tertiary alicyclic amines) is 1. The van der Waals surface area contributed by atoms with Crippen molar-refractivity contribution in [1.82, 2.24) is 14.7 Å². The molecule has 1 amide bonds. The van der Waals surface area contributed by atoms with Gasteiger partial charge in [-0.3, -0.25) is 9.48 Å². The molecule has 1 unspecified atom stereocenters. The summed E-state index contributed by atoms with van der Waals surface area (Å²) in [5.74, 6) is -0.395. The second-order valence-corrected chi connectivity index (χ2v) is 8.34. The predicted octanol–water partition coefficient (Wildman–Crippen LogP) is 1.44. The normalized spacial score (nSPS) is 19.5. The van der Waals surface area contributed by atoms with Gasteiger partial charge in [-0.15, -0.1) is 0 Å². The van der Waals surface area contributed by atoms with Crippen molar-refractivity contribution in [3.63, 3.8) is 0 Å². The highest BCUT2D eigenvalue weighted by Crippen LogP contribution is 2.24. The first-order chi connectivity index (χ1) is 9.71. The van der Waals surface area contributed by atoms with Crippen molar-refractivity contribution < 1.29 is 13.2 Å². The number of aryl methyl sites for hydroxylation is 2. The third kappa shape index (κ3) is 3.77. The van der Waals surface area contributed by atoms with Crippen LogP contribution in [-0.4, -0.2) is 41.3 Å². The van der Waals surface area contributed by atoms with E-state index >= 15 is 0 Å². The zero-order chi connectivity index (χ0) is 15.8. The van der Waals surface area contributed by atoms with E-state index in [1.165, 1.54) is 0 Å². The summed E-state index contributed by atoms with van der Waals surface area (Å²) in [4.78, 5) is 13.7. The SMILES string of the molecule is CCn1nc(C)c(CN2CC(CS(=O)(=O)Cl)CC2=O)c1C. The molecule has 8 heteroatoms. The molecular weight excluding hydrogens is 314 g/mol. The zero-order valence-electron chi connectivity index (χ0n) is 12.5. The molecule has 0 bridgehead atoms. The molecule has 2 rings (SSSR count). The van der Waals surface area contributed by atoms with Crippen LogP contribution in [0.4, 0.5) is 0 Å². The maximum atomic E-state index is 12.0. The van der Waals surface area contributed by atoms with E-state index in [0.717, 1.165) is 23.5 Å². The fraction of sp³-hybridized carbons (Fsp3) is 0.692. The Morgan fingerprint density at radius 1 is 1.38 bits per heavy atom. The molecule has 2 heterocycles. The lowest BCUT2D eigenvalue weighted by molar-refractivity contribution is -0.128. The lowest BCUT2D eigenvalue weighted by Crippen LogP contribution is -2.26. The highest BCUT2D eigenvalue weighted by Gasteiger charge is 2.33. The Balaban J connectivity index is 2.11. The number of hydrogen-bond donors (Lipinski definition) is 0. The van der Waals surface area contributed by atoms with Gasteiger partial charge in [0.25, 0.3) is 0 Å². The summed E-state index contributed by atoms with van der Waals surface area (Å²) in [6.45, 7) is 7.63. The maximum absolute atomic E-state index is 12.0. The molecule has 1 fully saturated rings. The van der Waals surface area contributed by atoms with Gasteiger partial charge < -0.3 is 4.90 Å². The molecule has 0 aromatic carbocycles. The van der Waals surface area contributed by atoms with Crippen LogP contribution in [-0.2, 0) is 26.9 Å². The van der Waals surface area contributed by atoms with Crippen LogP contribution < -0.4 is 0 Å². The first-order valence-corrected chi connectivity index (χ1v) is 9.42. The van der Waals surface area contributed by atoms with Gasteiger partial charge in [-0.05, 0) is 20.8 Å². The quantitative estimate of drug-likeness (QED) is 0.764. The first-order valence-electron chi connectivity index (χ1n) is 6.94. The minimum Gasteiger partial charge on any atom is -0.338 e. The van der Waals surface area contributed by atoms with E-state index in [2.05, 4.69) is 5.10 Å². The van der Waals surface area contributed by atoms with Crippen molar-refractivity contribution in [2.45, 2.75) is 40.3 Å². The Bertz CT molecular complexity index is 654. The Morgan fingerprint density at radius 3 is 2.57 bits per heavy atom. The topological polar surface area (TPSA) is 72.3 Å². The molecule has 1 aliphatic heterocycles. The fourth-order valence-electron chi connectivity index (χ4n) is 2.86. The van der Waals surface area contributed by atoms with Crippen molar-refractivity contribution in [1.29, 1.82) is 0 Å². The summed E-state index contributed by atoms with van der Waals surface area (Å²) in [5.41, 5.74) is 3.01. The van der Waals surface area contributed by atoms with Crippen LogP contribution in [0.15, 0.2) is 0 Å². The largest absolute Gasteiger partial charge is 0.338 e. The van der Waals surface area contributed by atoms with Crippen LogP contribution >= 0.6 is 10.7 Å². The molecule has 21 heavy (non-hydrogen) atoms. The van der Waals surface area contributed by atoms with Gasteiger partial charge in [-0.1, -0.05) is 0 Å². The number of amides is 1. The molecule has 1 saturated heterocycles. The minimum absolute atomic E-state index is 0.0247. The summed E-state index contributed by atoms with van der Waals surface area (Å²) < 4.78 is 24.2. The monoisotopic (exact) mass is 333 g/mol. The molecule has 0 radical (unpaired) electrons. The van der Waals surface area contributed by atoms with Crippen LogP contribution in [0, 0.1) is 19.8 Å². The summed E-state index contributed by atoms with van der Waals surface area (Å²) >= 11 is 0. The van der Waals surface area contributed by atoms with Gasteiger partial charge in [0.2, 0.25) is 15.0 Å². The van der Waals surface area contributed by atoms with E-state index in [0.29, 0.717) is 13.1 Å². The van der Waals surface area contributed by atoms with Crippen LogP contribution in [0.5, 0.6) is 0 Å². The molecule has 1 aliphatic rings. The number of carbonyl (C=O) groups excluding carboxylic acids is 1. The van der Waals surface area contributed by atoms with E-state index in [1.807, 2.05) is 25.5 Å². The molecule has 1 atom stereocenters. The Morgan fingerprint density at radius 2 is 2.05 bits per heavy atom. The number of aromatic nitrogens is 2. The molecule has 0 N–H and O–H groups in total. The summed E-state index contributed by atoms with van der Waals surface area (Å²) in [7, 11) is 1.70. The number of hydrogen-bond acceptors (Lipinski definition) is 4. The molecule has 118 valence electrons. The van der Waals surface area contributed by atoms with Crippen molar-refractivity contribution >= 4 is 25.6 Å². The van der Waals surface area contributed by atoms with Gasteiger partial charge in [0.1, 0.15) is 0 Å². The van der Waals surface area contributed by atoms with Gasteiger partial charge >= 0.3 is 0 Å². The van der Waals surface area contributed by atoms with Gasteiger partial charge in [-0.2, -0.15) is 5.10 Å². The summed E-state index contributed by atoms with van der Waals surface area (Å²) in [5, 5.41) is 4.44. The van der Waals surface area contributed by atoms with Gasteiger partial charge in [0, 0.05) is 53.9 Å². The van der Waals surface area contributed by atoms with Crippen molar-refractivity contribution in [3.05, 3.63) is 17.0 Å². The molecule has 6 nitrogen and oxygen atoms in total. The van der Waals surface area contributed by atoms with Gasteiger partial charge in [-0.25, -0.2) is 8.42 Å². The highest BCUT2D eigenvalue weighted by molar-refractivity contribution is 8.13. The highest BCUT2D eigenvalue weighted by atomic mass is 35.7. The number of carbonyl (C=O) groups is 1. The van der Waals surface area contributed by atoms with Crippen LogP contribution in [0.3, 0.4) is 0 Å². The Hall–Kier alpha value is -1.08. The van der Waals surface area contributed by atoms with E-state index < -0.39 is 9.05 Å². The number of nitrogens with zero attached hydrogens (tertiary/aromatic N) is 3. The molecule has 0 spiro atoms. The van der Waals surface area contributed by atoms with Gasteiger partial charge in [0.05, 0.1) is 11.4 Å². The predicted molar refractivity (Wildman–Crippen MR) is 80.5 cm³/mol. The second kappa shape index (κ2) is 5.96. The smallest absolute Gasteiger partial charge is 0.232 e. The maximum Gasteiger partial charge on any atom is 0.232 e. The standard InChI is InChI=1S/C13H20ClN3O3S/c1-4-17-10(3)12(9(2)15-17)7-16-6-11(5-13(16)18)8-21(14,19)20/h11H,4-8H2,1-3H3. The van der Waals surface area contributed by atoms with Gasteiger partial charge in [0.15, 0.2) is 0 Å².